The van der Waals surface area contributed by atoms with Gasteiger partial charge in [-0.15, -0.1) is 0 Å². The normalized spacial score (nSPS) is 11.2. The Bertz CT molecular complexity index is 595. The molecule has 0 bridgehead atoms. The number of carbonyl (C=O) groups excluding carboxylic acids is 1. The first-order valence-corrected chi connectivity index (χ1v) is 8.66. The maximum absolute atomic E-state index is 12.2. The van der Waals surface area contributed by atoms with E-state index in [1.54, 1.807) is 17.0 Å². The van der Waals surface area contributed by atoms with E-state index in [-0.39, 0.29) is 24.6 Å². The fourth-order valence-corrected chi connectivity index (χ4v) is 2.81. The Balaban J connectivity index is 2.73. The highest BCUT2D eigenvalue weighted by molar-refractivity contribution is 6.32. The third-order valence-electron chi connectivity index (χ3n) is 3.41. The van der Waals surface area contributed by atoms with E-state index < -0.39 is 0 Å². The number of carbonyl (C=O) groups is 1. The second-order valence-electron chi connectivity index (χ2n) is 5.96. The zero-order chi connectivity index (χ0) is 19.0. The number of halogens is 1. The summed E-state index contributed by atoms with van der Waals surface area (Å²) in [6.45, 7) is 10.1. The summed E-state index contributed by atoms with van der Waals surface area (Å²) >= 11 is 6.20. The molecule has 0 saturated heterocycles. The maximum atomic E-state index is 12.2. The van der Waals surface area contributed by atoms with Crippen LogP contribution >= 0.6 is 11.6 Å². The second kappa shape index (κ2) is 10.1. The van der Waals surface area contributed by atoms with Gasteiger partial charge in [0, 0.05) is 17.6 Å². The lowest BCUT2D eigenvalue weighted by molar-refractivity contribution is -0.139. The van der Waals surface area contributed by atoms with Crippen molar-refractivity contribution in [3.8, 4) is 11.5 Å². The zero-order valence-corrected chi connectivity index (χ0v) is 16.5. The molecule has 0 heterocycles. The van der Waals surface area contributed by atoms with Crippen molar-refractivity contribution in [2.45, 2.75) is 46.7 Å². The molecule has 0 aliphatic heterocycles. The molecule has 140 valence electrons. The molecular formula is C18H27ClN2O4. The quantitative estimate of drug-likeness (QED) is 0.490. The number of ether oxygens (including phenoxy) is 2. The zero-order valence-electron chi connectivity index (χ0n) is 15.7. The second-order valence-corrected chi connectivity index (χ2v) is 6.37. The molecule has 0 N–H and O–H groups in total. The Morgan fingerprint density at radius 3 is 2.44 bits per heavy atom. The van der Waals surface area contributed by atoms with Gasteiger partial charge in [0.1, 0.15) is 0 Å². The Kier molecular flexibility index (Phi) is 8.55. The Morgan fingerprint density at radius 1 is 1.28 bits per heavy atom. The monoisotopic (exact) mass is 370 g/mol. The summed E-state index contributed by atoms with van der Waals surface area (Å²) in [5.74, 6) is 0.895. The summed E-state index contributed by atoms with van der Waals surface area (Å²) in [7, 11) is 1.54. The number of rotatable bonds is 9. The minimum Gasteiger partial charge on any atom is -0.493 e. The fourth-order valence-electron chi connectivity index (χ4n) is 2.54. The molecule has 0 aromatic heterocycles. The number of oxime groups is 1. The van der Waals surface area contributed by atoms with Crippen LogP contribution in [0, 0.1) is 0 Å². The van der Waals surface area contributed by atoms with Crippen LogP contribution in [0.2, 0.25) is 5.02 Å². The number of hydrogen-bond acceptors (Lipinski definition) is 5. The number of amides is 1. The predicted molar refractivity (Wildman–Crippen MR) is 99.8 cm³/mol. The number of methoxy groups -OCH3 is 1. The summed E-state index contributed by atoms with van der Waals surface area (Å²) in [6, 6.07) is 3.64. The Labute approximate surface area is 154 Å². The van der Waals surface area contributed by atoms with Gasteiger partial charge in [-0.25, -0.2) is 0 Å². The number of hydrogen-bond donors (Lipinski definition) is 0. The topological polar surface area (TPSA) is 60.4 Å². The molecule has 0 fully saturated rings. The number of nitrogens with zero attached hydrogens (tertiary/aromatic N) is 2. The molecule has 0 atom stereocenters. The molecule has 0 unspecified atom stereocenters. The highest BCUT2D eigenvalue weighted by atomic mass is 35.5. The molecule has 1 amide bonds. The van der Waals surface area contributed by atoms with Gasteiger partial charge in [0.25, 0.3) is 5.91 Å². The first kappa shape index (κ1) is 21.1. The van der Waals surface area contributed by atoms with Crippen molar-refractivity contribution in [1.29, 1.82) is 0 Å². The lowest BCUT2D eigenvalue weighted by Gasteiger charge is -2.30. The van der Waals surface area contributed by atoms with Gasteiger partial charge >= 0.3 is 0 Å². The summed E-state index contributed by atoms with van der Waals surface area (Å²) in [4.78, 5) is 19.1. The molecule has 7 heteroatoms. The van der Waals surface area contributed by atoms with Crippen molar-refractivity contribution in [3.05, 3.63) is 22.7 Å². The van der Waals surface area contributed by atoms with Gasteiger partial charge < -0.3 is 19.2 Å². The van der Waals surface area contributed by atoms with Gasteiger partial charge in [-0.2, -0.15) is 0 Å². The van der Waals surface area contributed by atoms with Gasteiger partial charge in [-0.1, -0.05) is 16.8 Å². The van der Waals surface area contributed by atoms with Crippen LogP contribution in [-0.2, 0) is 9.63 Å². The summed E-state index contributed by atoms with van der Waals surface area (Å²) in [5.41, 5.74) is 0.683. The van der Waals surface area contributed by atoms with Gasteiger partial charge in [0.15, 0.2) is 18.1 Å². The van der Waals surface area contributed by atoms with Crippen molar-refractivity contribution in [1.82, 2.24) is 4.90 Å². The summed E-state index contributed by atoms with van der Waals surface area (Å²) in [5, 5.41) is 4.27. The van der Waals surface area contributed by atoms with Crippen molar-refractivity contribution < 1.29 is 19.1 Å². The molecule has 0 saturated carbocycles. The summed E-state index contributed by atoms with van der Waals surface area (Å²) < 4.78 is 10.7. The van der Waals surface area contributed by atoms with Crippen LogP contribution in [0.1, 0.15) is 40.2 Å². The van der Waals surface area contributed by atoms with Crippen LogP contribution in [0.3, 0.4) is 0 Å². The van der Waals surface area contributed by atoms with Gasteiger partial charge in [-0.05, 0) is 46.8 Å². The minimum atomic E-state index is -0.116. The van der Waals surface area contributed by atoms with Crippen LogP contribution in [0.4, 0.5) is 0 Å². The van der Waals surface area contributed by atoms with E-state index in [9.17, 15) is 4.79 Å². The molecule has 1 aromatic carbocycles. The first-order valence-electron chi connectivity index (χ1n) is 8.28. The highest BCUT2D eigenvalue weighted by Gasteiger charge is 2.20. The molecule has 1 aromatic rings. The molecule has 0 aliphatic rings. The lowest BCUT2D eigenvalue weighted by atomic mass is 10.2. The average molecular weight is 371 g/mol. The molecule has 6 nitrogen and oxygen atoms in total. The Hall–Kier alpha value is -1.95. The van der Waals surface area contributed by atoms with E-state index >= 15 is 0 Å². The molecule has 25 heavy (non-hydrogen) atoms. The SMILES string of the molecule is CCOc1c(Cl)cc(/C=N\OCC(=O)N(C(C)C)C(C)C)cc1OC. The van der Waals surface area contributed by atoms with Crippen LogP contribution in [-0.4, -0.2) is 49.4 Å². The standard InChI is InChI=1S/C18H27ClN2O4/c1-7-24-18-15(19)8-14(9-16(18)23-6)10-20-25-11-17(22)21(12(2)3)13(4)5/h8-10,12-13H,7,11H2,1-6H3/b20-10-. The fraction of sp³-hybridized carbons (Fsp3) is 0.556. The maximum Gasteiger partial charge on any atom is 0.263 e. The van der Waals surface area contributed by atoms with Crippen molar-refractivity contribution >= 4 is 23.7 Å². The van der Waals surface area contributed by atoms with Crippen molar-refractivity contribution in [3.63, 3.8) is 0 Å². The smallest absolute Gasteiger partial charge is 0.263 e. The van der Waals surface area contributed by atoms with E-state index in [1.807, 2.05) is 34.6 Å². The molecular weight excluding hydrogens is 344 g/mol. The number of benzene rings is 1. The molecule has 0 radical (unpaired) electrons. The Morgan fingerprint density at radius 2 is 1.92 bits per heavy atom. The van der Waals surface area contributed by atoms with E-state index in [2.05, 4.69) is 5.16 Å². The minimum absolute atomic E-state index is 0.106. The molecule has 1 rings (SSSR count). The third kappa shape index (κ3) is 6.12. The van der Waals surface area contributed by atoms with E-state index in [1.165, 1.54) is 13.3 Å². The first-order chi connectivity index (χ1) is 11.8. The van der Waals surface area contributed by atoms with Crippen molar-refractivity contribution in [2.75, 3.05) is 20.3 Å². The molecule has 0 spiro atoms. The van der Waals surface area contributed by atoms with E-state index in [4.69, 9.17) is 25.9 Å². The van der Waals surface area contributed by atoms with Gasteiger partial charge in [-0.3, -0.25) is 4.79 Å². The van der Waals surface area contributed by atoms with Crippen LogP contribution in [0.5, 0.6) is 11.5 Å². The van der Waals surface area contributed by atoms with Gasteiger partial charge in [0.05, 0.1) is 25.0 Å². The third-order valence-corrected chi connectivity index (χ3v) is 3.69. The lowest BCUT2D eigenvalue weighted by Crippen LogP contribution is -2.43. The van der Waals surface area contributed by atoms with E-state index in [0.29, 0.717) is 28.7 Å². The average Bonchev–Trinajstić information content (AvgIpc) is 2.53. The summed E-state index contributed by atoms with van der Waals surface area (Å²) in [6.07, 6.45) is 1.48. The van der Waals surface area contributed by atoms with Crippen LogP contribution < -0.4 is 9.47 Å². The van der Waals surface area contributed by atoms with Crippen LogP contribution in [0.15, 0.2) is 17.3 Å². The van der Waals surface area contributed by atoms with Crippen molar-refractivity contribution in [2.24, 2.45) is 5.16 Å². The van der Waals surface area contributed by atoms with Gasteiger partial charge in [0.2, 0.25) is 0 Å². The predicted octanol–water partition coefficient (Wildman–Crippen LogP) is 3.74. The molecule has 0 aliphatic carbocycles. The van der Waals surface area contributed by atoms with E-state index in [0.717, 1.165) is 0 Å². The van der Waals surface area contributed by atoms with Crippen LogP contribution in [0.25, 0.3) is 0 Å². The highest BCUT2D eigenvalue weighted by Crippen LogP contribution is 2.35. The largest absolute Gasteiger partial charge is 0.493 e.